The standard InChI is InChI=1S/C11H15NO2/c1-8(2)9-4-6-10(7-5-9)12-11(13)14-3/h4-8H,1-3H3,(H,12,13). The van der Waals surface area contributed by atoms with Crippen LogP contribution < -0.4 is 5.32 Å². The molecule has 0 fully saturated rings. The van der Waals surface area contributed by atoms with Crippen LogP contribution >= 0.6 is 0 Å². The molecule has 0 aliphatic carbocycles. The van der Waals surface area contributed by atoms with Gasteiger partial charge < -0.3 is 4.74 Å². The molecule has 0 aromatic heterocycles. The Morgan fingerprint density at radius 2 is 1.86 bits per heavy atom. The van der Waals surface area contributed by atoms with Crippen molar-refractivity contribution in [2.75, 3.05) is 12.4 Å². The lowest BCUT2D eigenvalue weighted by atomic mass is 10.0. The van der Waals surface area contributed by atoms with Gasteiger partial charge in [0.15, 0.2) is 0 Å². The molecule has 14 heavy (non-hydrogen) atoms. The van der Waals surface area contributed by atoms with Crippen molar-refractivity contribution in [2.45, 2.75) is 19.8 Å². The van der Waals surface area contributed by atoms with E-state index >= 15 is 0 Å². The first kappa shape index (κ1) is 10.6. The Morgan fingerprint density at radius 1 is 1.29 bits per heavy atom. The van der Waals surface area contributed by atoms with Gasteiger partial charge in [0.05, 0.1) is 7.11 Å². The number of carbonyl (C=O) groups excluding carboxylic acids is 1. The van der Waals surface area contributed by atoms with Gasteiger partial charge in [0.25, 0.3) is 0 Å². The third-order valence-corrected chi connectivity index (χ3v) is 2.01. The average Bonchev–Trinajstić information content (AvgIpc) is 2.18. The molecule has 0 heterocycles. The smallest absolute Gasteiger partial charge is 0.411 e. The topological polar surface area (TPSA) is 38.3 Å². The van der Waals surface area contributed by atoms with Crippen LogP contribution in [0.4, 0.5) is 10.5 Å². The number of amides is 1. The molecule has 0 aliphatic rings. The monoisotopic (exact) mass is 193 g/mol. The lowest BCUT2D eigenvalue weighted by molar-refractivity contribution is 0.187. The Balaban J connectivity index is 2.69. The van der Waals surface area contributed by atoms with E-state index in [0.717, 1.165) is 5.69 Å². The number of ether oxygens (including phenoxy) is 1. The van der Waals surface area contributed by atoms with Crippen LogP contribution in [0, 0.1) is 0 Å². The van der Waals surface area contributed by atoms with Crippen molar-refractivity contribution in [3.63, 3.8) is 0 Å². The van der Waals surface area contributed by atoms with Gasteiger partial charge in [-0.25, -0.2) is 4.79 Å². The molecule has 3 nitrogen and oxygen atoms in total. The summed E-state index contributed by atoms with van der Waals surface area (Å²) in [7, 11) is 1.35. The molecule has 76 valence electrons. The minimum Gasteiger partial charge on any atom is -0.453 e. The molecule has 0 saturated heterocycles. The van der Waals surface area contributed by atoms with E-state index in [-0.39, 0.29) is 0 Å². The van der Waals surface area contributed by atoms with Crippen molar-refractivity contribution in [2.24, 2.45) is 0 Å². The van der Waals surface area contributed by atoms with Gasteiger partial charge in [-0.2, -0.15) is 0 Å². The highest BCUT2D eigenvalue weighted by Crippen LogP contribution is 2.16. The van der Waals surface area contributed by atoms with Crippen LogP contribution in [-0.4, -0.2) is 13.2 Å². The molecule has 0 aliphatic heterocycles. The molecule has 0 radical (unpaired) electrons. The molecular weight excluding hydrogens is 178 g/mol. The number of benzene rings is 1. The number of methoxy groups -OCH3 is 1. The maximum atomic E-state index is 10.9. The lowest BCUT2D eigenvalue weighted by Gasteiger charge is -2.07. The van der Waals surface area contributed by atoms with Crippen molar-refractivity contribution >= 4 is 11.8 Å². The lowest BCUT2D eigenvalue weighted by Crippen LogP contribution is -2.10. The number of rotatable bonds is 2. The van der Waals surface area contributed by atoms with Gasteiger partial charge in [-0.15, -0.1) is 0 Å². The second kappa shape index (κ2) is 4.65. The second-order valence-electron chi connectivity index (χ2n) is 3.39. The van der Waals surface area contributed by atoms with E-state index in [1.54, 1.807) is 0 Å². The van der Waals surface area contributed by atoms with E-state index in [2.05, 4.69) is 23.9 Å². The fourth-order valence-electron chi connectivity index (χ4n) is 1.12. The number of nitrogens with one attached hydrogen (secondary N) is 1. The Kier molecular flexibility index (Phi) is 3.51. The molecule has 1 aromatic rings. The first-order valence-corrected chi connectivity index (χ1v) is 4.58. The van der Waals surface area contributed by atoms with Crippen molar-refractivity contribution in [3.8, 4) is 0 Å². The van der Waals surface area contributed by atoms with Gasteiger partial charge in [-0.05, 0) is 23.6 Å². The molecule has 1 N–H and O–H groups in total. The van der Waals surface area contributed by atoms with Gasteiger partial charge >= 0.3 is 6.09 Å². The zero-order chi connectivity index (χ0) is 10.6. The molecule has 0 atom stereocenters. The number of hydrogen-bond acceptors (Lipinski definition) is 2. The minimum atomic E-state index is -0.442. The summed E-state index contributed by atoms with van der Waals surface area (Å²) in [6, 6.07) is 7.73. The first-order chi connectivity index (χ1) is 6.63. The van der Waals surface area contributed by atoms with E-state index in [1.807, 2.05) is 24.3 Å². The molecule has 1 rings (SSSR count). The number of carbonyl (C=O) groups is 1. The fraction of sp³-hybridized carbons (Fsp3) is 0.364. The molecular formula is C11H15NO2. The highest BCUT2D eigenvalue weighted by molar-refractivity contribution is 5.84. The second-order valence-corrected chi connectivity index (χ2v) is 3.39. The number of hydrogen-bond donors (Lipinski definition) is 1. The van der Waals surface area contributed by atoms with E-state index in [9.17, 15) is 4.79 Å². The van der Waals surface area contributed by atoms with Gasteiger partial charge in [0.2, 0.25) is 0 Å². The maximum Gasteiger partial charge on any atom is 0.411 e. The number of anilines is 1. The maximum absolute atomic E-state index is 10.9. The van der Waals surface area contributed by atoms with Crippen molar-refractivity contribution in [1.82, 2.24) is 0 Å². The molecule has 1 aromatic carbocycles. The highest BCUT2D eigenvalue weighted by Gasteiger charge is 2.01. The van der Waals surface area contributed by atoms with E-state index in [4.69, 9.17) is 0 Å². The quantitative estimate of drug-likeness (QED) is 0.784. The van der Waals surface area contributed by atoms with E-state index in [1.165, 1.54) is 12.7 Å². The Labute approximate surface area is 84.1 Å². The van der Waals surface area contributed by atoms with Crippen LogP contribution in [0.15, 0.2) is 24.3 Å². The summed E-state index contributed by atoms with van der Waals surface area (Å²) >= 11 is 0. The van der Waals surface area contributed by atoms with Gasteiger partial charge in [-0.1, -0.05) is 26.0 Å². The first-order valence-electron chi connectivity index (χ1n) is 4.58. The van der Waals surface area contributed by atoms with Crippen LogP contribution in [0.3, 0.4) is 0 Å². The van der Waals surface area contributed by atoms with Crippen molar-refractivity contribution in [1.29, 1.82) is 0 Å². The summed E-state index contributed by atoms with van der Waals surface area (Å²) < 4.78 is 4.48. The summed E-state index contributed by atoms with van der Waals surface area (Å²) in [5.74, 6) is 0.502. The molecule has 3 heteroatoms. The summed E-state index contributed by atoms with van der Waals surface area (Å²) in [5.41, 5.74) is 2.00. The van der Waals surface area contributed by atoms with Crippen LogP contribution in [0.1, 0.15) is 25.3 Å². The van der Waals surface area contributed by atoms with Gasteiger partial charge in [0.1, 0.15) is 0 Å². The van der Waals surface area contributed by atoms with Gasteiger partial charge in [-0.3, -0.25) is 5.32 Å². The summed E-state index contributed by atoms with van der Waals surface area (Å²) in [4.78, 5) is 10.9. The predicted molar refractivity (Wildman–Crippen MR) is 56.6 cm³/mol. The van der Waals surface area contributed by atoms with Crippen LogP contribution in [0.2, 0.25) is 0 Å². The predicted octanol–water partition coefficient (Wildman–Crippen LogP) is 2.99. The fourth-order valence-corrected chi connectivity index (χ4v) is 1.12. The van der Waals surface area contributed by atoms with Crippen LogP contribution in [-0.2, 0) is 4.74 Å². The third-order valence-electron chi connectivity index (χ3n) is 2.01. The van der Waals surface area contributed by atoms with Gasteiger partial charge in [0, 0.05) is 5.69 Å². The third kappa shape index (κ3) is 2.76. The van der Waals surface area contributed by atoms with E-state index in [0.29, 0.717) is 5.92 Å². The van der Waals surface area contributed by atoms with E-state index < -0.39 is 6.09 Å². The van der Waals surface area contributed by atoms with Crippen LogP contribution in [0.5, 0.6) is 0 Å². The molecule has 0 saturated carbocycles. The molecule has 1 amide bonds. The normalized spacial score (nSPS) is 10.0. The zero-order valence-corrected chi connectivity index (χ0v) is 8.70. The summed E-state index contributed by atoms with van der Waals surface area (Å²) in [6.45, 7) is 4.26. The summed E-state index contributed by atoms with van der Waals surface area (Å²) in [5, 5.41) is 2.60. The van der Waals surface area contributed by atoms with Crippen molar-refractivity contribution in [3.05, 3.63) is 29.8 Å². The zero-order valence-electron chi connectivity index (χ0n) is 8.70. The Morgan fingerprint density at radius 3 is 2.29 bits per heavy atom. The minimum absolute atomic E-state index is 0.442. The molecule has 0 bridgehead atoms. The molecule has 0 spiro atoms. The van der Waals surface area contributed by atoms with Crippen molar-refractivity contribution < 1.29 is 9.53 Å². The molecule has 0 unspecified atom stereocenters. The highest BCUT2D eigenvalue weighted by atomic mass is 16.5. The van der Waals surface area contributed by atoms with Crippen LogP contribution in [0.25, 0.3) is 0 Å². The SMILES string of the molecule is COC(=O)Nc1ccc(C(C)C)cc1. The average molecular weight is 193 g/mol. The Bertz CT molecular complexity index is 304. The largest absolute Gasteiger partial charge is 0.453 e. The summed E-state index contributed by atoms with van der Waals surface area (Å²) in [6.07, 6.45) is -0.442. The Hall–Kier alpha value is -1.51.